The third kappa shape index (κ3) is 1.33. The number of fused-ring (bicyclic) bond motifs is 6. The number of hydrogen-bond acceptors (Lipinski definition) is 3. The Morgan fingerprint density at radius 2 is 1.79 bits per heavy atom. The maximum atomic E-state index is 4.46. The Hall–Kier alpha value is -1.64. The summed E-state index contributed by atoms with van der Waals surface area (Å²) in [6.07, 6.45) is 6.11. The lowest BCUT2D eigenvalue weighted by Crippen LogP contribution is -2.14. The van der Waals surface area contributed by atoms with Crippen LogP contribution in [-0.4, -0.2) is 16.0 Å². The van der Waals surface area contributed by atoms with Crippen molar-refractivity contribution >= 4 is 16.7 Å². The molecule has 19 heavy (non-hydrogen) atoms. The first kappa shape index (κ1) is 10.2. The van der Waals surface area contributed by atoms with Crippen molar-refractivity contribution in [2.45, 2.75) is 25.3 Å². The van der Waals surface area contributed by atoms with E-state index >= 15 is 0 Å². The molecular weight excluding hydrogens is 234 g/mol. The van der Waals surface area contributed by atoms with Crippen molar-refractivity contribution in [2.24, 2.45) is 23.7 Å². The summed E-state index contributed by atoms with van der Waals surface area (Å²) < 4.78 is 0. The van der Waals surface area contributed by atoms with E-state index in [-0.39, 0.29) is 0 Å². The van der Waals surface area contributed by atoms with Crippen LogP contribution in [0.1, 0.15) is 19.3 Å². The lowest BCUT2D eigenvalue weighted by molar-refractivity contribution is 0.456. The summed E-state index contributed by atoms with van der Waals surface area (Å²) in [5, 5.41) is 4.87. The summed E-state index contributed by atoms with van der Waals surface area (Å²) in [5.74, 6) is 4.91. The Balaban J connectivity index is 1.48. The maximum absolute atomic E-state index is 4.46. The molecule has 0 radical (unpaired) electrons. The van der Waals surface area contributed by atoms with Crippen molar-refractivity contribution in [3.63, 3.8) is 0 Å². The highest BCUT2D eigenvalue weighted by molar-refractivity contribution is 5.88. The molecule has 0 amide bonds. The van der Waals surface area contributed by atoms with Crippen LogP contribution in [0.4, 0.5) is 5.82 Å². The van der Waals surface area contributed by atoms with Crippen LogP contribution in [0.25, 0.3) is 10.9 Å². The van der Waals surface area contributed by atoms with Crippen molar-refractivity contribution in [3.05, 3.63) is 30.6 Å². The Morgan fingerprint density at radius 1 is 1.00 bits per heavy atom. The molecule has 0 saturated heterocycles. The Morgan fingerprint density at radius 3 is 2.63 bits per heavy atom. The van der Waals surface area contributed by atoms with Crippen molar-refractivity contribution in [1.82, 2.24) is 9.97 Å². The summed E-state index contributed by atoms with van der Waals surface area (Å²) in [4.78, 5) is 8.80. The third-order valence-corrected chi connectivity index (χ3v) is 5.58. The molecule has 1 N–H and O–H groups in total. The molecule has 0 aliphatic heterocycles. The third-order valence-electron chi connectivity index (χ3n) is 5.58. The van der Waals surface area contributed by atoms with E-state index in [1.54, 1.807) is 6.33 Å². The Bertz CT molecular complexity index is 632. The lowest BCUT2D eigenvalue weighted by Gasteiger charge is -2.12. The smallest absolute Gasteiger partial charge is 0.137 e. The first-order valence-corrected chi connectivity index (χ1v) is 7.38. The molecule has 3 aliphatic rings. The molecule has 3 fully saturated rings. The van der Waals surface area contributed by atoms with Crippen molar-refractivity contribution < 1.29 is 0 Å². The average Bonchev–Trinajstić information content (AvgIpc) is 2.84. The fraction of sp³-hybridized carbons (Fsp3) is 0.500. The van der Waals surface area contributed by atoms with Gasteiger partial charge < -0.3 is 5.32 Å². The van der Waals surface area contributed by atoms with Crippen LogP contribution >= 0.6 is 0 Å². The van der Waals surface area contributed by atoms with Crippen LogP contribution in [0.2, 0.25) is 0 Å². The second-order valence-corrected chi connectivity index (χ2v) is 6.40. The van der Waals surface area contributed by atoms with Crippen molar-refractivity contribution in [1.29, 1.82) is 0 Å². The number of rotatable bonds is 2. The predicted octanol–water partition coefficient (Wildman–Crippen LogP) is 3.09. The fourth-order valence-corrected chi connectivity index (χ4v) is 4.80. The quantitative estimate of drug-likeness (QED) is 0.891. The van der Waals surface area contributed by atoms with E-state index in [2.05, 4.69) is 33.5 Å². The van der Waals surface area contributed by atoms with E-state index in [1.807, 2.05) is 6.07 Å². The number of benzene rings is 1. The number of anilines is 1. The average molecular weight is 251 g/mol. The maximum Gasteiger partial charge on any atom is 0.137 e. The van der Waals surface area contributed by atoms with Crippen LogP contribution in [0.15, 0.2) is 30.6 Å². The molecule has 3 nitrogen and oxygen atoms in total. The van der Waals surface area contributed by atoms with Crippen LogP contribution in [0.3, 0.4) is 0 Å². The lowest BCUT2D eigenvalue weighted by atomic mass is 10.0. The van der Waals surface area contributed by atoms with E-state index in [4.69, 9.17) is 0 Å². The molecule has 1 heterocycles. The largest absolute Gasteiger partial charge is 0.366 e. The zero-order valence-electron chi connectivity index (χ0n) is 10.8. The van der Waals surface area contributed by atoms with Gasteiger partial charge in [-0.1, -0.05) is 12.1 Å². The monoisotopic (exact) mass is 251 g/mol. The van der Waals surface area contributed by atoms with Gasteiger partial charge in [-0.15, -0.1) is 0 Å². The van der Waals surface area contributed by atoms with Gasteiger partial charge in [-0.05, 0) is 55.1 Å². The molecule has 2 aromatic rings. The first-order chi connectivity index (χ1) is 9.42. The summed E-state index contributed by atoms with van der Waals surface area (Å²) in [6, 6.07) is 8.95. The molecule has 0 spiro atoms. The fourth-order valence-electron chi connectivity index (χ4n) is 4.80. The van der Waals surface area contributed by atoms with Gasteiger partial charge in [-0.25, -0.2) is 9.97 Å². The van der Waals surface area contributed by atoms with Crippen LogP contribution in [-0.2, 0) is 0 Å². The molecule has 4 atom stereocenters. The van der Waals surface area contributed by atoms with Gasteiger partial charge in [-0.3, -0.25) is 0 Å². The van der Waals surface area contributed by atoms with Gasteiger partial charge in [0.25, 0.3) is 0 Å². The van der Waals surface area contributed by atoms with Crippen molar-refractivity contribution in [2.75, 3.05) is 5.32 Å². The number of nitrogens with zero attached hydrogens (tertiary/aromatic N) is 2. The van der Waals surface area contributed by atoms with E-state index < -0.39 is 0 Å². The Labute approximate surface area is 112 Å². The topological polar surface area (TPSA) is 37.8 Å². The van der Waals surface area contributed by atoms with Crippen LogP contribution in [0, 0.1) is 23.7 Å². The number of para-hydroxylation sites is 1. The molecule has 1 aromatic carbocycles. The highest BCUT2D eigenvalue weighted by Gasteiger charge is 2.65. The van der Waals surface area contributed by atoms with E-state index in [1.165, 1.54) is 19.3 Å². The highest BCUT2D eigenvalue weighted by Crippen LogP contribution is 2.66. The molecule has 1 aromatic heterocycles. The normalized spacial score (nSPS) is 38.4. The number of aromatic nitrogens is 2. The van der Waals surface area contributed by atoms with Crippen LogP contribution in [0.5, 0.6) is 0 Å². The Kier molecular flexibility index (Phi) is 1.86. The summed E-state index contributed by atoms with van der Waals surface area (Å²) >= 11 is 0. The molecule has 3 saturated carbocycles. The molecule has 3 aliphatic carbocycles. The van der Waals surface area contributed by atoms with Gasteiger partial charge in [0.15, 0.2) is 0 Å². The zero-order valence-corrected chi connectivity index (χ0v) is 10.8. The second kappa shape index (κ2) is 3.47. The molecular formula is C16H17N3. The minimum absolute atomic E-state index is 0.685. The van der Waals surface area contributed by atoms with E-state index in [0.717, 1.165) is 40.4 Å². The van der Waals surface area contributed by atoms with Gasteiger partial charge >= 0.3 is 0 Å². The standard InChI is InChI=1S/C16H17N3/c1-2-4-12-11(3-1)16(18-8-17-12)19-15-13-9-5-6-10(7-9)14(13)15/h1-4,8-10,13-15H,5-7H2,(H,17,18,19). The summed E-state index contributed by atoms with van der Waals surface area (Å²) in [7, 11) is 0. The second-order valence-electron chi connectivity index (χ2n) is 6.40. The van der Waals surface area contributed by atoms with Crippen molar-refractivity contribution in [3.8, 4) is 0 Å². The molecule has 3 heteroatoms. The number of nitrogens with one attached hydrogen (secondary N) is 1. The van der Waals surface area contributed by atoms with Gasteiger partial charge in [-0.2, -0.15) is 0 Å². The SMILES string of the molecule is c1ccc2c(NC3C4C5CCC(C5)C34)ncnc2c1. The molecule has 5 rings (SSSR count). The van der Waals surface area contributed by atoms with Gasteiger partial charge in [0, 0.05) is 11.4 Å². The van der Waals surface area contributed by atoms with E-state index in [9.17, 15) is 0 Å². The minimum atomic E-state index is 0.685. The molecule has 96 valence electrons. The zero-order chi connectivity index (χ0) is 12.4. The highest BCUT2D eigenvalue weighted by atomic mass is 15.1. The van der Waals surface area contributed by atoms with Gasteiger partial charge in [0.2, 0.25) is 0 Å². The molecule has 4 unspecified atom stereocenters. The van der Waals surface area contributed by atoms with Gasteiger partial charge in [0.1, 0.15) is 12.1 Å². The van der Waals surface area contributed by atoms with Crippen LogP contribution < -0.4 is 5.32 Å². The summed E-state index contributed by atoms with van der Waals surface area (Å²) in [5.41, 5.74) is 1.04. The van der Waals surface area contributed by atoms with E-state index in [0.29, 0.717) is 6.04 Å². The number of hydrogen-bond donors (Lipinski definition) is 1. The predicted molar refractivity (Wildman–Crippen MR) is 74.8 cm³/mol. The summed E-state index contributed by atoms with van der Waals surface area (Å²) in [6.45, 7) is 0. The molecule has 2 bridgehead atoms. The van der Waals surface area contributed by atoms with Gasteiger partial charge in [0.05, 0.1) is 5.52 Å². The minimum Gasteiger partial charge on any atom is -0.366 e. The first-order valence-electron chi connectivity index (χ1n) is 7.38.